The van der Waals surface area contributed by atoms with E-state index in [1.54, 1.807) is 10.9 Å². The van der Waals surface area contributed by atoms with Gasteiger partial charge in [-0.1, -0.05) is 29.8 Å². The van der Waals surface area contributed by atoms with Crippen molar-refractivity contribution in [1.82, 2.24) is 14.7 Å². The number of hydrogen-bond acceptors (Lipinski definition) is 3. The van der Waals surface area contributed by atoms with Gasteiger partial charge in [-0.05, 0) is 18.9 Å². The Labute approximate surface area is 147 Å². The van der Waals surface area contributed by atoms with E-state index in [1.165, 1.54) is 5.56 Å². The number of fused-ring (bicyclic) bond motifs is 1. The average molecular weight is 338 g/mol. The Bertz CT molecular complexity index is 811. The lowest BCUT2D eigenvalue weighted by Gasteiger charge is -2.24. The molecule has 1 aromatic carbocycles. The second kappa shape index (κ2) is 6.02. The van der Waals surface area contributed by atoms with E-state index in [0.29, 0.717) is 19.4 Å². The van der Waals surface area contributed by atoms with Crippen LogP contribution < -0.4 is 4.90 Å². The lowest BCUT2D eigenvalue weighted by atomic mass is 10.1. The lowest BCUT2D eigenvalue weighted by Crippen LogP contribution is -2.40. The number of likely N-dealkylation sites (tertiary alicyclic amines) is 1. The number of carbonyl (C=O) groups is 2. The Balaban J connectivity index is 1.50. The third-order valence-electron chi connectivity index (χ3n) is 5.26. The van der Waals surface area contributed by atoms with Gasteiger partial charge in [-0.2, -0.15) is 5.10 Å². The van der Waals surface area contributed by atoms with Crippen LogP contribution in [0.25, 0.3) is 0 Å². The van der Waals surface area contributed by atoms with E-state index < -0.39 is 0 Å². The van der Waals surface area contributed by atoms with Crippen molar-refractivity contribution in [2.24, 2.45) is 7.05 Å². The molecule has 0 spiro atoms. The molecule has 4 rings (SSSR count). The van der Waals surface area contributed by atoms with Gasteiger partial charge in [0, 0.05) is 26.2 Å². The molecule has 0 unspecified atom stereocenters. The Morgan fingerprint density at radius 3 is 2.68 bits per heavy atom. The highest BCUT2D eigenvalue weighted by Crippen LogP contribution is 2.36. The number of carbonyl (C=O) groups excluding carboxylic acids is 2. The minimum atomic E-state index is -0.0225. The third kappa shape index (κ3) is 2.81. The van der Waals surface area contributed by atoms with Crippen LogP contribution in [0.3, 0.4) is 0 Å². The number of aryl methyl sites for hydroxylation is 2. The summed E-state index contributed by atoms with van der Waals surface area (Å²) >= 11 is 0. The van der Waals surface area contributed by atoms with Crippen LogP contribution in [0.4, 0.5) is 5.69 Å². The molecule has 2 aromatic rings. The fraction of sp³-hybridized carbons (Fsp3) is 0.421. The second-order valence-electron chi connectivity index (χ2n) is 7.01. The maximum Gasteiger partial charge on any atom is 0.229 e. The van der Waals surface area contributed by atoms with E-state index in [4.69, 9.17) is 0 Å². The quantitative estimate of drug-likeness (QED) is 0.855. The Kier molecular flexibility index (Phi) is 3.82. The van der Waals surface area contributed by atoms with Crippen LogP contribution in [-0.2, 0) is 23.1 Å². The van der Waals surface area contributed by atoms with Crippen molar-refractivity contribution in [2.75, 3.05) is 11.4 Å². The molecule has 130 valence electrons. The zero-order chi connectivity index (χ0) is 17.6. The normalized spacial score (nSPS) is 22.6. The molecule has 2 amide bonds. The Morgan fingerprint density at radius 2 is 2.00 bits per heavy atom. The van der Waals surface area contributed by atoms with Crippen LogP contribution in [0.5, 0.6) is 0 Å². The predicted octanol–water partition coefficient (Wildman–Crippen LogP) is 1.68. The Morgan fingerprint density at radius 1 is 1.24 bits per heavy atom. The highest BCUT2D eigenvalue weighted by atomic mass is 16.2. The van der Waals surface area contributed by atoms with Crippen molar-refractivity contribution in [1.29, 1.82) is 0 Å². The summed E-state index contributed by atoms with van der Waals surface area (Å²) in [5.41, 5.74) is 3.03. The van der Waals surface area contributed by atoms with Crippen molar-refractivity contribution >= 4 is 17.5 Å². The maximum absolute atomic E-state index is 12.8. The zero-order valence-corrected chi connectivity index (χ0v) is 14.6. The van der Waals surface area contributed by atoms with Gasteiger partial charge in [-0.15, -0.1) is 0 Å². The first-order chi connectivity index (χ1) is 12.0. The van der Waals surface area contributed by atoms with E-state index in [-0.39, 0.29) is 23.9 Å². The topological polar surface area (TPSA) is 58.4 Å². The van der Waals surface area contributed by atoms with Crippen molar-refractivity contribution in [3.63, 3.8) is 0 Å². The number of rotatable bonds is 3. The van der Waals surface area contributed by atoms with Crippen LogP contribution >= 0.6 is 0 Å². The summed E-state index contributed by atoms with van der Waals surface area (Å²) in [6.07, 6.45) is 5.20. The van der Waals surface area contributed by atoms with Crippen LogP contribution in [0.1, 0.15) is 24.0 Å². The molecule has 6 nitrogen and oxygen atoms in total. The van der Waals surface area contributed by atoms with Crippen molar-refractivity contribution in [3.8, 4) is 0 Å². The molecule has 1 aromatic heterocycles. The molecule has 6 heteroatoms. The fourth-order valence-electron chi connectivity index (χ4n) is 4.01. The predicted molar refractivity (Wildman–Crippen MR) is 94.1 cm³/mol. The Hall–Kier alpha value is -2.63. The van der Waals surface area contributed by atoms with Gasteiger partial charge in [0.05, 0.1) is 30.4 Å². The second-order valence-corrected chi connectivity index (χ2v) is 7.01. The zero-order valence-electron chi connectivity index (χ0n) is 14.6. The molecule has 0 radical (unpaired) electrons. The molecule has 25 heavy (non-hydrogen) atoms. The molecule has 2 fully saturated rings. The maximum atomic E-state index is 12.8. The van der Waals surface area contributed by atoms with Gasteiger partial charge in [-0.25, -0.2) is 0 Å². The highest BCUT2D eigenvalue weighted by Gasteiger charge is 2.48. The number of anilines is 1. The van der Waals surface area contributed by atoms with Gasteiger partial charge < -0.3 is 9.80 Å². The number of hydrogen-bond donors (Lipinski definition) is 0. The molecule has 3 heterocycles. The first kappa shape index (κ1) is 15.9. The largest absolute Gasteiger partial charge is 0.337 e. The molecule has 0 aliphatic carbocycles. The van der Waals surface area contributed by atoms with Crippen molar-refractivity contribution in [2.45, 2.75) is 38.3 Å². The molecule has 0 bridgehead atoms. The van der Waals surface area contributed by atoms with Crippen molar-refractivity contribution in [3.05, 3.63) is 47.8 Å². The summed E-state index contributed by atoms with van der Waals surface area (Å²) in [5.74, 6) is 0.188. The lowest BCUT2D eigenvalue weighted by molar-refractivity contribution is -0.131. The van der Waals surface area contributed by atoms with Crippen LogP contribution in [0, 0.1) is 6.92 Å². The van der Waals surface area contributed by atoms with E-state index in [0.717, 1.165) is 17.7 Å². The van der Waals surface area contributed by atoms with E-state index in [9.17, 15) is 9.59 Å². The first-order valence-corrected chi connectivity index (χ1v) is 8.68. The average Bonchev–Trinajstić information content (AvgIpc) is 3.24. The monoisotopic (exact) mass is 338 g/mol. The van der Waals surface area contributed by atoms with E-state index >= 15 is 0 Å². The molecule has 0 N–H and O–H groups in total. The molecular formula is C19H22N4O2. The SMILES string of the molecule is Cc1ccc(CC(=O)N2CC[C@@H]3[C@@H]2CC(=O)N3c2cnn(C)c2)cc1. The molecule has 2 saturated heterocycles. The molecule has 0 saturated carbocycles. The van der Waals surface area contributed by atoms with E-state index in [1.807, 2.05) is 54.2 Å². The van der Waals surface area contributed by atoms with Crippen LogP contribution in [-0.4, -0.2) is 45.1 Å². The number of aromatic nitrogens is 2. The van der Waals surface area contributed by atoms with Gasteiger partial charge in [0.1, 0.15) is 0 Å². The summed E-state index contributed by atoms with van der Waals surface area (Å²) in [6.45, 7) is 2.75. The third-order valence-corrected chi connectivity index (χ3v) is 5.26. The smallest absolute Gasteiger partial charge is 0.229 e. The number of amides is 2. The molecule has 2 aliphatic heterocycles. The number of benzene rings is 1. The summed E-state index contributed by atoms with van der Waals surface area (Å²) in [6, 6.07) is 8.10. The summed E-state index contributed by atoms with van der Waals surface area (Å²) in [7, 11) is 1.84. The highest BCUT2D eigenvalue weighted by molar-refractivity contribution is 5.98. The van der Waals surface area contributed by atoms with Gasteiger partial charge in [0.25, 0.3) is 0 Å². The molecular weight excluding hydrogens is 316 g/mol. The van der Waals surface area contributed by atoms with Crippen molar-refractivity contribution < 1.29 is 9.59 Å². The summed E-state index contributed by atoms with van der Waals surface area (Å²) < 4.78 is 1.70. The number of nitrogens with zero attached hydrogens (tertiary/aromatic N) is 4. The van der Waals surface area contributed by atoms with Gasteiger partial charge in [0.2, 0.25) is 11.8 Å². The summed E-state index contributed by atoms with van der Waals surface area (Å²) in [4.78, 5) is 29.0. The van der Waals surface area contributed by atoms with Crippen LogP contribution in [0.2, 0.25) is 0 Å². The van der Waals surface area contributed by atoms with E-state index in [2.05, 4.69) is 5.10 Å². The summed E-state index contributed by atoms with van der Waals surface area (Å²) in [5, 5.41) is 4.17. The fourth-order valence-corrected chi connectivity index (χ4v) is 4.01. The molecule has 2 atom stereocenters. The van der Waals surface area contributed by atoms with Gasteiger partial charge in [0.15, 0.2) is 0 Å². The molecule has 2 aliphatic rings. The minimum absolute atomic E-state index is 0.0225. The van der Waals surface area contributed by atoms with Gasteiger partial charge in [-0.3, -0.25) is 14.3 Å². The standard InChI is InChI=1S/C19H22N4O2/c1-13-3-5-14(6-4-13)9-18(24)22-8-7-16-17(22)10-19(25)23(16)15-11-20-21(2)12-15/h3-6,11-12,16-17H,7-10H2,1-2H3/t16-,17+/m1/s1. The van der Waals surface area contributed by atoms with Crippen LogP contribution in [0.15, 0.2) is 36.7 Å². The van der Waals surface area contributed by atoms with Gasteiger partial charge >= 0.3 is 0 Å². The first-order valence-electron chi connectivity index (χ1n) is 8.68. The minimum Gasteiger partial charge on any atom is -0.337 e.